The fraction of sp³-hybridized carbons (Fsp3) is 0.733. The second kappa shape index (κ2) is 8.91. The highest BCUT2D eigenvalue weighted by Gasteiger charge is 2.40. The Bertz CT molecular complexity index is 497. The molecule has 0 fully saturated rings. The summed E-state index contributed by atoms with van der Waals surface area (Å²) in [5.41, 5.74) is -0.708. The summed E-state index contributed by atoms with van der Waals surface area (Å²) in [4.78, 5) is 46.5. The normalized spacial score (nSPS) is 12.8. The zero-order valence-electron chi connectivity index (χ0n) is 15.1. The Labute approximate surface area is 146 Å². The summed E-state index contributed by atoms with van der Waals surface area (Å²) in [6.45, 7) is 8.90. The molecule has 24 heavy (non-hydrogen) atoms. The van der Waals surface area contributed by atoms with Gasteiger partial charge in [0.25, 0.3) is 0 Å². The van der Waals surface area contributed by atoms with Gasteiger partial charge in [-0.1, -0.05) is 0 Å². The first-order chi connectivity index (χ1) is 10.8. The molecule has 0 saturated heterocycles. The van der Waals surface area contributed by atoms with Crippen molar-refractivity contribution in [1.82, 2.24) is 5.32 Å². The van der Waals surface area contributed by atoms with Gasteiger partial charge in [-0.2, -0.15) is 0 Å². The van der Waals surface area contributed by atoms with E-state index in [4.69, 9.17) is 9.47 Å². The number of ether oxygens (including phenoxy) is 3. The smallest absolute Gasteiger partial charge is 0.370 e. The molecule has 138 valence electrons. The minimum Gasteiger partial charge on any atom is -0.467 e. The van der Waals surface area contributed by atoms with Crippen LogP contribution in [0, 0.1) is 5.41 Å². The average Bonchev–Trinajstić information content (AvgIpc) is 2.41. The number of rotatable bonds is 6. The lowest BCUT2D eigenvalue weighted by Gasteiger charge is -2.30. The summed E-state index contributed by atoms with van der Waals surface area (Å²) in [6.07, 6.45) is 0. The summed E-state index contributed by atoms with van der Waals surface area (Å²) in [6, 6.07) is -1.05. The molecule has 0 aliphatic rings. The molecule has 0 aliphatic heterocycles. The molecule has 0 aromatic heterocycles. The molecule has 0 rings (SSSR count). The molecule has 9 heteroatoms. The van der Waals surface area contributed by atoms with Crippen LogP contribution in [0.3, 0.4) is 0 Å². The minimum atomic E-state index is -1.05. The Morgan fingerprint density at radius 3 is 2.00 bits per heavy atom. The van der Waals surface area contributed by atoms with Gasteiger partial charge < -0.3 is 19.5 Å². The van der Waals surface area contributed by atoms with E-state index in [0.29, 0.717) is 11.8 Å². The molecule has 0 unspecified atom stereocenters. The highest BCUT2D eigenvalue weighted by Crippen LogP contribution is 2.30. The number of carbonyl (C=O) groups excluding carboxylic acids is 4. The van der Waals surface area contributed by atoms with E-state index >= 15 is 0 Å². The van der Waals surface area contributed by atoms with Crippen molar-refractivity contribution in [2.75, 3.05) is 13.9 Å². The van der Waals surface area contributed by atoms with Crippen LogP contribution in [0.25, 0.3) is 0 Å². The van der Waals surface area contributed by atoms with Crippen LogP contribution in [0.4, 0.5) is 4.79 Å². The molecule has 0 aliphatic carbocycles. The second-order valence-corrected chi connectivity index (χ2v) is 8.15. The number of hydrogen-bond donors (Lipinski definition) is 1. The molecule has 1 N–H and O–H groups in total. The molecule has 0 radical (unpaired) electrons. The van der Waals surface area contributed by atoms with Crippen LogP contribution in [-0.2, 0) is 28.6 Å². The molecule has 0 heterocycles. The molecule has 1 atom stereocenters. The number of hydrogen-bond acceptors (Lipinski definition) is 8. The van der Waals surface area contributed by atoms with Gasteiger partial charge in [0.1, 0.15) is 6.04 Å². The molecule has 0 aromatic rings. The summed E-state index contributed by atoms with van der Waals surface area (Å²) < 4.78 is 13.3. The Morgan fingerprint density at radius 1 is 1.04 bits per heavy atom. The van der Waals surface area contributed by atoms with Crippen molar-refractivity contribution in [3.05, 3.63) is 0 Å². The molecule has 0 spiro atoms. The summed E-state index contributed by atoms with van der Waals surface area (Å²) in [7, 11) is 1.18. The Balaban J connectivity index is 4.70. The first kappa shape index (κ1) is 22.2. The van der Waals surface area contributed by atoms with E-state index < -0.39 is 46.1 Å². The third kappa shape index (κ3) is 7.67. The summed E-state index contributed by atoms with van der Waals surface area (Å²) in [5, 5.41) is 1.69. The zero-order chi connectivity index (χ0) is 19.1. The average molecular weight is 363 g/mol. The van der Waals surface area contributed by atoms with E-state index in [0.717, 1.165) is 0 Å². The third-order valence-corrected chi connectivity index (χ3v) is 3.85. The van der Waals surface area contributed by atoms with Crippen molar-refractivity contribution < 1.29 is 33.4 Å². The minimum absolute atomic E-state index is 0.438. The maximum Gasteiger partial charge on any atom is 0.370 e. The fourth-order valence-electron chi connectivity index (χ4n) is 1.49. The molecule has 0 bridgehead atoms. The Hall–Kier alpha value is -1.77. The lowest BCUT2D eigenvalue weighted by atomic mass is 9.98. The van der Waals surface area contributed by atoms with E-state index in [-0.39, 0.29) is 0 Å². The zero-order valence-corrected chi connectivity index (χ0v) is 15.9. The van der Waals surface area contributed by atoms with Gasteiger partial charge in [0.2, 0.25) is 12.7 Å². The van der Waals surface area contributed by atoms with Gasteiger partial charge in [-0.25, -0.2) is 9.59 Å². The molecular formula is C15H25NO7S. The van der Waals surface area contributed by atoms with Crippen molar-refractivity contribution in [2.45, 2.75) is 52.3 Å². The Morgan fingerprint density at radius 2 is 1.58 bits per heavy atom. The number of amides is 1. The first-order valence-corrected chi connectivity index (χ1v) is 8.01. The number of methoxy groups -OCH3 is 1. The van der Waals surface area contributed by atoms with Crippen LogP contribution in [0.5, 0.6) is 0 Å². The van der Waals surface area contributed by atoms with Crippen molar-refractivity contribution in [1.29, 1.82) is 0 Å². The van der Waals surface area contributed by atoms with Crippen LogP contribution < -0.4 is 5.32 Å². The van der Waals surface area contributed by atoms with Crippen LogP contribution in [0.1, 0.15) is 41.5 Å². The fourth-order valence-corrected chi connectivity index (χ4v) is 2.30. The maximum atomic E-state index is 11.9. The number of thioether (sulfide) groups is 1. The predicted octanol–water partition coefficient (Wildman–Crippen LogP) is 1.86. The molecule has 1 amide bonds. The van der Waals surface area contributed by atoms with Crippen LogP contribution in [0.15, 0.2) is 0 Å². The summed E-state index contributed by atoms with van der Waals surface area (Å²) in [5.74, 6) is -1.63. The molecular weight excluding hydrogens is 338 g/mol. The largest absolute Gasteiger partial charge is 0.467 e. The number of esters is 2. The van der Waals surface area contributed by atoms with Crippen molar-refractivity contribution in [2.24, 2.45) is 5.41 Å². The molecule has 0 aromatic carbocycles. The van der Waals surface area contributed by atoms with Crippen LogP contribution in [-0.4, -0.2) is 47.8 Å². The topological polar surface area (TPSA) is 108 Å². The Kier molecular flexibility index (Phi) is 8.25. The van der Waals surface area contributed by atoms with E-state index in [1.807, 2.05) is 0 Å². The van der Waals surface area contributed by atoms with Gasteiger partial charge in [-0.3, -0.25) is 9.59 Å². The van der Waals surface area contributed by atoms with E-state index in [1.54, 1.807) is 34.6 Å². The van der Waals surface area contributed by atoms with Gasteiger partial charge in [0.05, 0.1) is 17.3 Å². The van der Waals surface area contributed by atoms with E-state index in [2.05, 4.69) is 10.1 Å². The molecule has 0 saturated carbocycles. The highest BCUT2D eigenvalue weighted by atomic mass is 32.2. The SMILES string of the molecule is COC(=O)[C@H](NC(C)=O)C(C)(C)SC(=O)OCOC(=O)C(C)(C)C. The maximum absolute atomic E-state index is 11.9. The van der Waals surface area contributed by atoms with Gasteiger partial charge in [-0.05, 0) is 46.4 Å². The van der Waals surface area contributed by atoms with Crippen molar-refractivity contribution in [3.63, 3.8) is 0 Å². The van der Waals surface area contributed by atoms with Gasteiger partial charge >= 0.3 is 17.2 Å². The van der Waals surface area contributed by atoms with E-state index in [9.17, 15) is 19.2 Å². The second-order valence-electron chi connectivity index (χ2n) is 6.56. The highest BCUT2D eigenvalue weighted by molar-refractivity contribution is 8.14. The van der Waals surface area contributed by atoms with E-state index in [1.165, 1.54) is 14.0 Å². The number of carbonyl (C=O) groups is 4. The lowest BCUT2D eigenvalue weighted by Crippen LogP contribution is -2.52. The lowest BCUT2D eigenvalue weighted by molar-refractivity contribution is -0.160. The van der Waals surface area contributed by atoms with Crippen LogP contribution >= 0.6 is 11.8 Å². The third-order valence-electron chi connectivity index (χ3n) is 2.81. The standard InChI is InChI=1S/C15H25NO7S/c1-9(17)16-10(11(18)21-7)15(5,6)24-13(20)23-8-22-12(19)14(2,3)4/h10H,8H2,1-7H3,(H,16,17)/t10-/m0/s1. The van der Waals surface area contributed by atoms with Crippen LogP contribution in [0.2, 0.25) is 0 Å². The van der Waals surface area contributed by atoms with Crippen molar-refractivity contribution in [3.8, 4) is 0 Å². The van der Waals surface area contributed by atoms with Gasteiger partial charge in [0, 0.05) is 6.92 Å². The molecule has 8 nitrogen and oxygen atoms in total. The quantitative estimate of drug-likeness (QED) is 0.563. The summed E-state index contributed by atoms with van der Waals surface area (Å²) >= 11 is 0.687. The van der Waals surface area contributed by atoms with Gasteiger partial charge in [-0.15, -0.1) is 0 Å². The van der Waals surface area contributed by atoms with Crippen molar-refractivity contribution >= 4 is 34.9 Å². The first-order valence-electron chi connectivity index (χ1n) is 7.19. The number of nitrogens with one attached hydrogen (secondary N) is 1. The predicted molar refractivity (Wildman–Crippen MR) is 88.2 cm³/mol. The van der Waals surface area contributed by atoms with Gasteiger partial charge in [0.15, 0.2) is 0 Å². The monoisotopic (exact) mass is 363 g/mol.